The van der Waals surface area contributed by atoms with Gasteiger partial charge in [0.1, 0.15) is 5.82 Å². The van der Waals surface area contributed by atoms with Crippen LogP contribution in [0.4, 0.5) is 9.18 Å². The molecular formula is C16H14FNO3. The molecule has 0 radical (unpaired) electrons. The zero-order valence-electron chi connectivity index (χ0n) is 11.2. The molecule has 0 fully saturated rings. The summed E-state index contributed by atoms with van der Waals surface area (Å²) in [4.78, 5) is 21.5. The van der Waals surface area contributed by atoms with E-state index in [1.165, 1.54) is 0 Å². The highest BCUT2D eigenvalue weighted by atomic mass is 19.1. The number of ether oxygens (including phenoxy) is 1. The molecule has 1 amide bonds. The predicted molar refractivity (Wildman–Crippen MR) is 76.1 cm³/mol. The number of aldehydes is 1. The minimum Gasteiger partial charge on any atom is -0.438 e. The highest BCUT2D eigenvalue weighted by molar-refractivity contribution is 5.70. The molecule has 2 rings (SSSR count). The number of hydrogen-bond acceptors (Lipinski definition) is 3. The second-order valence-corrected chi connectivity index (χ2v) is 4.46. The topological polar surface area (TPSA) is 69.4 Å². The zero-order valence-corrected chi connectivity index (χ0v) is 11.2. The summed E-state index contributed by atoms with van der Waals surface area (Å²) in [6.07, 6.45) is -1.78. The molecule has 2 aromatic rings. The molecule has 108 valence electrons. The van der Waals surface area contributed by atoms with Gasteiger partial charge in [0.15, 0.2) is 12.4 Å². The van der Waals surface area contributed by atoms with Crippen LogP contribution >= 0.6 is 0 Å². The minimum atomic E-state index is -1.09. The molecule has 0 aliphatic heterocycles. The smallest absolute Gasteiger partial charge is 0.405 e. The highest BCUT2D eigenvalue weighted by Crippen LogP contribution is 2.25. The first kappa shape index (κ1) is 14.7. The zero-order chi connectivity index (χ0) is 15.2. The molecule has 0 saturated carbocycles. The quantitative estimate of drug-likeness (QED) is 0.860. The number of halogens is 1. The van der Waals surface area contributed by atoms with Crippen molar-refractivity contribution < 1.29 is 18.7 Å². The van der Waals surface area contributed by atoms with Gasteiger partial charge in [0.05, 0.1) is 0 Å². The maximum absolute atomic E-state index is 14.5. The van der Waals surface area contributed by atoms with Gasteiger partial charge in [0.2, 0.25) is 0 Å². The Morgan fingerprint density at radius 3 is 2.52 bits per heavy atom. The van der Waals surface area contributed by atoms with Crippen molar-refractivity contribution in [2.75, 3.05) is 0 Å². The maximum atomic E-state index is 14.5. The summed E-state index contributed by atoms with van der Waals surface area (Å²) in [6, 6.07) is 13.9. The Labute approximate surface area is 121 Å². The molecule has 0 heterocycles. The van der Waals surface area contributed by atoms with E-state index in [-0.39, 0.29) is 12.0 Å². The molecule has 0 aromatic heterocycles. The lowest BCUT2D eigenvalue weighted by molar-refractivity contribution is -0.114. The molecule has 0 bridgehead atoms. The van der Waals surface area contributed by atoms with Gasteiger partial charge < -0.3 is 10.5 Å². The van der Waals surface area contributed by atoms with Crippen LogP contribution in [0.15, 0.2) is 48.5 Å². The average Bonchev–Trinajstić information content (AvgIpc) is 2.49. The van der Waals surface area contributed by atoms with Crippen LogP contribution in [-0.2, 0) is 16.0 Å². The van der Waals surface area contributed by atoms with E-state index in [0.717, 1.165) is 5.56 Å². The molecule has 0 aliphatic rings. The fourth-order valence-electron chi connectivity index (χ4n) is 2.06. The number of carbonyl (C=O) groups is 2. The summed E-state index contributed by atoms with van der Waals surface area (Å²) in [5, 5.41) is 0. The van der Waals surface area contributed by atoms with E-state index in [4.69, 9.17) is 5.73 Å². The molecule has 4 nitrogen and oxygen atoms in total. The first-order chi connectivity index (χ1) is 10.1. The molecular weight excluding hydrogens is 273 g/mol. The Hall–Kier alpha value is -2.69. The van der Waals surface area contributed by atoms with Crippen LogP contribution in [0, 0.1) is 5.82 Å². The van der Waals surface area contributed by atoms with E-state index in [9.17, 15) is 14.0 Å². The van der Waals surface area contributed by atoms with Gasteiger partial charge in [-0.1, -0.05) is 48.5 Å². The Morgan fingerprint density at radius 2 is 1.90 bits per heavy atom. The van der Waals surface area contributed by atoms with Crippen LogP contribution in [0.3, 0.4) is 0 Å². The molecule has 0 spiro atoms. The van der Waals surface area contributed by atoms with Gasteiger partial charge in [-0.2, -0.15) is 0 Å². The molecule has 21 heavy (non-hydrogen) atoms. The third kappa shape index (κ3) is 3.66. The van der Waals surface area contributed by atoms with Gasteiger partial charge in [-0.3, -0.25) is 4.79 Å². The number of primary amides is 1. The summed E-state index contributed by atoms with van der Waals surface area (Å²) in [7, 11) is 0. The van der Waals surface area contributed by atoms with E-state index in [1.54, 1.807) is 30.3 Å². The molecule has 1 atom stereocenters. The van der Waals surface area contributed by atoms with E-state index in [0.29, 0.717) is 11.8 Å². The van der Waals surface area contributed by atoms with Gasteiger partial charge in [-0.05, 0) is 11.1 Å². The Balaban J connectivity index is 2.30. The van der Waals surface area contributed by atoms with E-state index < -0.39 is 18.0 Å². The summed E-state index contributed by atoms with van der Waals surface area (Å²) in [5.74, 6) is -0.441. The largest absolute Gasteiger partial charge is 0.438 e. The summed E-state index contributed by atoms with van der Waals surface area (Å²) < 4.78 is 19.1. The van der Waals surface area contributed by atoms with Crippen molar-refractivity contribution in [3.8, 4) is 11.1 Å². The molecule has 0 saturated heterocycles. The number of hydrogen-bond donors (Lipinski definition) is 1. The lowest BCUT2D eigenvalue weighted by Gasteiger charge is -2.12. The van der Waals surface area contributed by atoms with Crippen molar-refractivity contribution >= 4 is 12.4 Å². The number of nitrogens with two attached hydrogens (primary N) is 1. The van der Waals surface area contributed by atoms with Gasteiger partial charge in [0, 0.05) is 12.0 Å². The summed E-state index contributed by atoms with van der Waals surface area (Å²) >= 11 is 0. The van der Waals surface area contributed by atoms with Crippen LogP contribution in [0.1, 0.15) is 5.56 Å². The maximum Gasteiger partial charge on any atom is 0.405 e. The summed E-state index contributed by atoms with van der Waals surface area (Å²) in [6.45, 7) is 0. The SMILES string of the molecule is NC(=O)OC(C=O)Cc1cccc(-c2ccccc2)c1F. The van der Waals surface area contributed by atoms with Crippen LogP contribution in [0.2, 0.25) is 0 Å². The first-order valence-corrected chi connectivity index (χ1v) is 6.36. The monoisotopic (exact) mass is 287 g/mol. The second kappa shape index (κ2) is 6.65. The fourth-order valence-corrected chi connectivity index (χ4v) is 2.06. The number of carbonyl (C=O) groups excluding carboxylic acids is 2. The highest BCUT2D eigenvalue weighted by Gasteiger charge is 2.17. The second-order valence-electron chi connectivity index (χ2n) is 4.46. The molecule has 1 unspecified atom stereocenters. The summed E-state index contributed by atoms with van der Waals surface area (Å²) in [5.41, 5.74) is 6.31. The normalized spacial score (nSPS) is 11.7. The number of benzene rings is 2. The molecule has 5 heteroatoms. The molecule has 0 aliphatic carbocycles. The Bertz CT molecular complexity index is 643. The van der Waals surface area contributed by atoms with E-state index >= 15 is 0 Å². The average molecular weight is 287 g/mol. The van der Waals surface area contributed by atoms with Crippen LogP contribution < -0.4 is 5.73 Å². The van der Waals surface area contributed by atoms with Crippen LogP contribution in [-0.4, -0.2) is 18.5 Å². The molecule has 2 N–H and O–H groups in total. The number of amides is 1. The van der Waals surface area contributed by atoms with Crippen LogP contribution in [0.5, 0.6) is 0 Å². The van der Waals surface area contributed by atoms with Gasteiger partial charge in [0.25, 0.3) is 0 Å². The third-order valence-corrected chi connectivity index (χ3v) is 3.00. The Morgan fingerprint density at radius 1 is 1.19 bits per heavy atom. The minimum absolute atomic E-state index is 0.0566. The van der Waals surface area contributed by atoms with Crippen LogP contribution in [0.25, 0.3) is 11.1 Å². The van der Waals surface area contributed by atoms with E-state index in [2.05, 4.69) is 4.74 Å². The first-order valence-electron chi connectivity index (χ1n) is 6.36. The van der Waals surface area contributed by atoms with Crippen molar-refractivity contribution in [3.63, 3.8) is 0 Å². The van der Waals surface area contributed by atoms with E-state index in [1.807, 2.05) is 18.2 Å². The van der Waals surface area contributed by atoms with Crippen molar-refractivity contribution in [2.45, 2.75) is 12.5 Å². The van der Waals surface area contributed by atoms with Gasteiger partial charge in [-0.25, -0.2) is 9.18 Å². The third-order valence-electron chi connectivity index (χ3n) is 3.00. The lowest BCUT2D eigenvalue weighted by atomic mass is 9.99. The molecule has 2 aromatic carbocycles. The lowest BCUT2D eigenvalue weighted by Crippen LogP contribution is -2.26. The van der Waals surface area contributed by atoms with Gasteiger partial charge in [-0.15, -0.1) is 0 Å². The van der Waals surface area contributed by atoms with Crippen molar-refractivity contribution in [2.24, 2.45) is 5.73 Å². The van der Waals surface area contributed by atoms with Crippen molar-refractivity contribution in [1.82, 2.24) is 0 Å². The standard InChI is InChI=1S/C16H14FNO3/c17-15-12(9-13(10-19)21-16(18)20)7-4-8-14(15)11-5-2-1-3-6-11/h1-8,10,13H,9H2,(H2,18,20). The van der Waals surface area contributed by atoms with Gasteiger partial charge >= 0.3 is 6.09 Å². The number of rotatable bonds is 5. The fraction of sp³-hybridized carbons (Fsp3) is 0.125. The van der Waals surface area contributed by atoms with Crippen molar-refractivity contribution in [3.05, 3.63) is 59.9 Å². The Kier molecular flexibility index (Phi) is 4.66. The van der Waals surface area contributed by atoms with Crippen molar-refractivity contribution in [1.29, 1.82) is 0 Å². The predicted octanol–water partition coefficient (Wildman–Crippen LogP) is 2.70.